The van der Waals surface area contributed by atoms with Crippen LogP contribution in [0.1, 0.15) is 11.1 Å². The molecule has 0 N–H and O–H groups in total. The van der Waals surface area contributed by atoms with Gasteiger partial charge in [0.1, 0.15) is 5.75 Å². The molecule has 0 bridgehead atoms. The van der Waals surface area contributed by atoms with Gasteiger partial charge in [-0.15, -0.1) is 0 Å². The molecule has 0 saturated heterocycles. The summed E-state index contributed by atoms with van der Waals surface area (Å²) < 4.78 is 6.91. The van der Waals surface area contributed by atoms with Crippen molar-refractivity contribution in [1.29, 1.82) is 0 Å². The molecule has 3 rings (SSSR count). The van der Waals surface area contributed by atoms with Crippen LogP contribution in [-0.2, 0) is 20.1 Å². The fraction of sp³-hybridized carbons (Fsp3) is 0.250. The van der Waals surface area contributed by atoms with E-state index in [1.54, 1.807) is 11.7 Å². The zero-order valence-electron chi connectivity index (χ0n) is 14.3. The van der Waals surface area contributed by atoms with E-state index in [-0.39, 0.29) is 5.56 Å². The maximum Gasteiger partial charge on any atom is 0.255 e. The summed E-state index contributed by atoms with van der Waals surface area (Å²) in [7, 11) is 5.52. The molecule has 0 spiro atoms. The van der Waals surface area contributed by atoms with Gasteiger partial charge in [0.15, 0.2) is 0 Å². The lowest BCUT2D eigenvalue weighted by atomic mass is 10.1. The Bertz CT molecular complexity index is 898. The predicted molar refractivity (Wildman–Crippen MR) is 97.4 cm³/mol. The first-order valence-corrected chi connectivity index (χ1v) is 7.97. The van der Waals surface area contributed by atoms with E-state index in [0.717, 1.165) is 28.8 Å². The number of para-hydroxylation sites is 1. The molecule has 0 fully saturated rings. The summed E-state index contributed by atoms with van der Waals surface area (Å²) >= 11 is 0. The molecule has 1 aromatic heterocycles. The number of methoxy groups -OCH3 is 1. The van der Waals surface area contributed by atoms with Crippen LogP contribution in [0.25, 0.3) is 10.9 Å². The fourth-order valence-electron chi connectivity index (χ4n) is 2.99. The predicted octanol–water partition coefficient (Wildman–Crippen LogP) is 3.18. The summed E-state index contributed by atoms with van der Waals surface area (Å²) in [5.74, 6) is 0.852. The maximum atomic E-state index is 12.6. The number of hydrogen-bond acceptors (Lipinski definition) is 3. The molecule has 0 aliphatic rings. The molecule has 0 unspecified atom stereocenters. The van der Waals surface area contributed by atoms with Crippen molar-refractivity contribution in [3.63, 3.8) is 0 Å². The minimum absolute atomic E-state index is 0.0651. The fourth-order valence-corrected chi connectivity index (χ4v) is 2.99. The van der Waals surface area contributed by atoms with E-state index in [9.17, 15) is 4.79 Å². The monoisotopic (exact) mass is 322 g/mol. The van der Waals surface area contributed by atoms with Crippen LogP contribution in [-0.4, -0.2) is 23.6 Å². The highest BCUT2D eigenvalue weighted by molar-refractivity contribution is 5.79. The Morgan fingerprint density at radius 1 is 1.04 bits per heavy atom. The normalized spacial score (nSPS) is 11.2. The first-order valence-electron chi connectivity index (χ1n) is 7.97. The van der Waals surface area contributed by atoms with Gasteiger partial charge in [0.2, 0.25) is 0 Å². The quantitative estimate of drug-likeness (QED) is 0.723. The van der Waals surface area contributed by atoms with Crippen LogP contribution in [0.15, 0.2) is 59.4 Å². The first kappa shape index (κ1) is 16.3. The second-order valence-electron chi connectivity index (χ2n) is 6.11. The molecule has 4 nitrogen and oxygen atoms in total. The molecule has 2 aromatic carbocycles. The van der Waals surface area contributed by atoms with E-state index in [0.29, 0.717) is 6.54 Å². The summed E-state index contributed by atoms with van der Waals surface area (Å²) in [4.78, 5) is 14.7. The van der Waals surface area contributed by atoms with Gasteiger partial charge >= 0.3 is 0 Å². The van der Waals surface area contributed by atoms with E-state index >= 15 is 0 Å². The van der Waals surface area contributed by atoms with E-state index in [2.05, 4.69) is 4.90 Å². The van der Waals surface area contributed by atoms with Crippen LogP contribution in [0.4, 0.5) is 0 Å². The van der Waals surface area contributed by atoms with Crippen molar-refractivity contribution in [2.75, 3.05) is 14.2 Å². The third-order valence-corrected chi connectivity index (χ3v) is 4.26. The number of ether oxygens (including phenoxy) is 1. The number of hydrogen-bond donors (Lipinski definition) is 0. The van der Waals surface area contributed by atoms with E-state index in [4.69, 9.17) is 4.74 Å². The highest BCUT2D eigenvalue weighted by Crippen LogP contribution is 2.15. The van der Waals surface area contributed by atoms with E-state index in [1.165, 1.54) is 5.56 Å². The summed E-state index contributed by atoms with van der Waals surface area (Å²) in [5, 5.41) is 1.09. The second kappa shape index (κ2) is 6.89. The summed E-state index contributed by atoms with van der Waals surface area (Å²) in [6.07, 6.45) is 0. The number of fused-ring (bicyclic) bond motifs is 1. The number of aryl methyl sites for hydroxylation is 1. The molecular formula is C20H22N2O2. The van der Waals surface area contributed by atoms with E-state index < -0.39 is 0 Å². The average molecular weight is 322 g/mol. The van der Waals surface area contributed by atoms with Crippen molar-refractivity contribution in [2.24, 2.45) is 7.05 Å². The molecule has 0 atom stereocenters. The van der Waals surface area contributed by atoms with E-state index in [1.807, 2.05) is 68.7 Å². The van der Waals surface area contributed by atoms with Crippen molar-refractivity contribution in [2.45, 2.75) is 13.1 Å². The third kappa shape index (κ3) is 3.34. The van der Waals surface area contributed by atoms with Crippen LogP contribution in [0.3, 0.4) is 0 Å². The lowest BCUT2D eigenvalue weighted by molar-refractivity contribution is 0.317. The van der Waals surface area contributed by atoms with Crippen molar-refractivity contribution in [3.8, 4) is 5.75 Å². The van der Waals surface area contributed by atoms with Crippen LogP contribution in [0.5, 0.6) is 5.75 Å². The zero-order chi connectivity index (χ0) is 17.1. The Kier molecular flexibility index (Phi) is 4.67. The summed E-state index contributed by atoms with van der Waals surface area (Å²) in [5.41, 5.74) is 3.03. The number of aromatic nitrogens is 1. The Morgan fingerprint density at radius 2 is 1.75 bits per heavy atom. The standard InChI is InChI=1S/C20H22N2O2/c1-21(13-15-8-10-18(24-3)11-9-15)14-17-12-16-6-4-5-7-19(16)22(2)20(17)23/h4-12H,13-14H2,1-3H3. The van der Waals surface area contributed by atoms with Crippen LogP contribution in [0.2, 0.25) is 0 Å². The number of benzene rings is 2. The van der Waals surface area contributed by atoms with Crippen molar-refractivity contribution in [3.05, 3.63) is 76.1 Å². The molecule has 0 radical (unpaired) electrons. The van der Waals surface area contributed by atoms with Gasteiger partial charge in [0.05, 0.1) is 12.6 Å². The Hall–Kier alpha value is -2.59. The third-order valence-electron chi connectivity index (χ3n) is 4.26. The van der Waals surface area contributed by atoms with Crippen molar-refractivity contribution in [1.82, 2.24) is 9.47 Å². The molecule has 0 amide bonds. The van der Waals surface area contributed by atoms with Gasteiger partial charge < -0.3 is 9.30 Å². The van der Waals surface area contributed by atoms with Crippen molar-refractivity contribution >= 4 is 10.9 Å². The minimum Gasteiger partial charge on any atom is -0.497 e. The molecular weight excluding hydrogens is 300 g/mol. The molecule has 124 valence electrons. The molecule has 0 saturated carbocycles. The Morgan fingerprint density at radius 3 is 2.46 bits per heavy atom. The Labute approximate surface area is 141 Å². The molecule has 0 aliphatic heterocycles. The van der Waals surface area contributed by atoms with Gasteiger partial charge in [-0.1, -0.05) is 30.3 Å². The number of pyridine rings is 1. The average Bonchev–Trinajstić information content (AvgIpc) is 2.60. The van der Waals surface area contributed by atoms with Crippen LogP contribution in [0, 0.1) is 0 Å². The second-order valence-corrected chi connectivity index (χ2v) is 6.11. The van der Waals surface area contributed by atoms with Gasteiger partial charge in [-0.25, -0.2) is 0 Å². The topological polar surface area (TPSA) is 34.5 Å². The maximum absolute atomic E-state index is 12.6. The molecule has 24 heavy (non-hydrogen) atoms. The SMILES string of the molecule is COc1ccc(CN(C)Cc2cc3ccccc3n(C)c2=O)cc1. The summed E-state index contributed by atoms with van der Waals surface area (Å²) in [6, 6.07) is 18.0. The van der Waals surface area contributed by atoms with Gasteiger partial charge in [-0.3, -0.25) is 9.69 Å². The van der Waals surface area contributed by atoms with Crippen molar-refractivity contribution < 1.29 is 4.74 Å². The number of nitrogens with zero attached hydrogens (tertiary/aromatic N) is 2. The molecule has 4 heteroatoms. The van der Waals surface area contributed by atoms with Gasteiger partial charge in [0.25, 0.3) is 5.56 Å². The highest BCUT2D eigenvalue weighted by Gasteiger charge is 2.09. The first-order chi connectivity index (χ1) is 11.6. The summed E-state index contributed by atoms with van der Waals surface area (Å²) in [6.45, 7) is 1.39. The highest BCUT2D eigenvalue weighted by atomic mass is 16.5. The Balaban J connectivity index is 1.81. The van der Waals surface area contributed by atoms with Crippen LogP contribution < -0.4 is 10.3 Å². The smallest absolute Gasteiger partial charge is 0.255 e. The van der Waals surface area contributed by atoms with Gasteiger partial charge in [-0.05, 0) is 42.3 Å². The molecule has 0 aliphatic carbocycles. The van der Waals surface area contributed by atoms with Crippen LogP contribution >= 0.6 is 0 Å². The van der Waals surface area contributed by atoms with Gasteiger partial charge in [-0.2, -0.15) is 0 Å². The molecule has 1 heterocycles. The zero-order valence-corrected chi connectivity index (χ0v) is 14.3. The number of rotatable bonds is 5. The minimum atomic E-state index is 0.0651. The van der Waals surface area contributed by atoms with Gasteiger partial charge in [0, 0.05) is 25.7 Å². The molecule has 3 aromatic rings. The largest absolute Gasteiger partial charge is 0.497 e. The lowest BCUT2D eigenvalue weighted by Gasteiger charge is -2.18. The lowest BCUT2D eigenvalue weighted by Crippen LogP contribution is -2.27.